The van der Waals surface area contributed by atoms with Crippen LogP contribution in [0.4, 0.5) is 27.8 Å². The van der Waals surface area contributed by atoms with Gasteiger partial charge >= 0.3 is 6.03 Å². The Kier molecular flexibility index (Phi) is 10.5. The lowest BCUT2D eigenvalue weighted by atomic mass is 10.1. The zero-order valence-electron chi connectivity index (χ0n) is 29.4. The molecule has 58 heavy (non-hydrogen) atoms. The molecule has 0 fully saturated rings. The fraction of sp³-hybridized carbons (Fsp3) is 0.0606. The molecule has 6 aromatic rings. The third-order valence-corrected chi connectivity index (χ3v) is 11.9. The van der Waals surface area contributed by atoms with E-state index in [1.165, 1.54) is 84.2 Å². The summed E-state index contributed by atoms with van der Waals surface area (Å²) in [6.07, 6.45) is 2.72. The van der Waals surface area contributed by atoms with Crippen molar-refractivity contribution >= 4 is 103 Å². The summed E-state index contributed by atoms with van der Waals surface area (Å²) in [4.78, 5) is 36.0. The largest absolute Gasteiger partial charge is 0.337 e. The van der Waals surface area contributed by atoms with Crippen LogP contribution < -0.4 is 21.3 Å². The van der Waals surface area contributed by atoms with Crippen molar-refractivity contribution in [1.29, 1.82) is 0 Å². The predicted molar refractivity (Wildman–Crippen MR) is 207 cm³/mol. The van der Waals surface area contributed by atoms with Crippen molar-refractivity contribution < 1.29 is 66.3 Å². The van der Waals surface area contributed by atoms with Gasteiger partial charge in [0.05, 0.1) is 20.9 Å². The lowest BCUT2D eigenvalue weighted by molar-refractivity contribution is 0.101. The number of anilines is 4. The van der Waals surface area contributed by atoms with E-state index in [0.29, 0.717) is 12.1 Å². The molecule has 25 heteroatoms. The molecule has 0 saturated heterocycles. The van der Waals surface area contributed by atoms with E-state index in [2.05, 4.69) is 21.3 Å². The average molecular weight is 877 g/mol. The fourth-order valence-electron chi connectivity index (χ4n) is 5.78. The zero-order valence-corrected chi connectivity index (χ0v) is 32.7. The van der Waals surface area contributed by atoms with Crippen LogP contribution in [0.2, 0.25) is 0 Å². The van der Waals surface area contributed by atoms with E-state index in [1.807, 2.05) is 0 Å². The van der Waals surface area contributed by atoms with Crippen LogP contribution in [-0.2, 0) is 54.6 Å². The Morgan fingerprint density at radius 2 is 0.914 bits per heavy atom. The minimum atomic E-state index is -4.98. The molecule has 0 spiro atoms. The number of nitrogens with one attached hydrogen (secondary N) is 4. The Balaban J connectivity index is 1.14. The summed E-state index contributed by atoms with van der Waals surface area (Å²) in [5.74, 6) is -1.15. The van der Waals surface area contributed by atoms with Crippen LogP contribution in [0.1, 0.15) is 20.7 Å². The van der Waals surface area contributed by atoms with Crippen molar-refractivity contribution in [2.24, 2.45) is 14.1 Å². The van der Waals surface area contributed by atoms with E-state index in [4.69, 9.17) is 0 Å². The van der Waals surface area contributed by atoms with Crippen LogP contribution in [0.25, 0.3) is 21.5 Å². The quantitative estimate of drug-likeness (QED) is 0.0908. The summed E-state index contributed by atoms with van der Waals surface area (Å²) >= 11 is 0. The van der Waals surface area contributed by atoms with Crippen LogP contribution in [0.5, 0.6) is 0 Å². The molecular formula is C33H28N6O15S4. The molecule has 304 valence electrons. The zero-order chi connectivity index (χ0) is 42.7. The van der Waals surface area contributed by atoms with Gasteiger partial charge in [0.2, 0.25) is 0 Å². The van der Waals surface area contributed by atoms with Gasteiger partial charge in [0.15, 0.2) is 0 Å². The van der Waals surface area contributed by atoms with Crippen LogP contribution >= 0.6 is 0 Å². The van der Waals surface area contributed by atoms with Crippen molar-refractivity contribution in [1.82, 2.24) is 9.13 Å². The van der Waals surface area contributed by atoms with Crippen LogP contribution in [-0.4, -0.2) is 78.9 Å². The van der Waals surface area contributed by atoms with Gasteiger partial charge in [-0.1, -0.05) is 12.1 Å². The molecule has 2 heterocycles. The SMILES string of the molecule is Cn1cc(C(=O)Nc2ccc3c(S(=O)(=O)O)cc(S(=O)(=O)O)cc3c2)cc1NC(=O)Nc1cc(C(=O)Nc2ccc3cc(S(=O)(=O)O)cc(S(=O)(=O)O)c3c2)cn1C. The minimum Gasteiger partial charge on any atom is -0.337 e. The Bertz CT molecular complexity index is 3210. The maximum atomic E-state index is 13.1. The molecule has 0 aliphatic heterocycles. The van der Waals surface area contributed by atoms with Crippen LogP contribution in [0.15, 0.2) is 105 Å². The number of carbonyl (C=O) groups excluding carboxylic acids is 3. The highest BCUT2D eigenvalue weighted by molar-refractivity contribution is 7.87. The number of aromatic nitrogens is 2. The standard InChI is InChI=1S/C33H28N6O15S4/c1-38-15-19(31(40)34-21-5-6-25-18(7-21)9-24(56(46,47)48)13-27(25)57(49,50)51)10-29(38)36-33(42)37-30-11-20(16-39(30)2)32(41)35-22-4-3-17-8-23(55(43,44)45)14-28(26(17)12-22)58(52,53)54/h3-16H,1-2H3,(H,34,40)(H,35,41)(H2,36,37,42)(H,43,44,45)(H,46,47,48)(H,49,50,51)(H,52,53,54). The number of carbonyl (C=O) groups is 3. The molecule has 4 amide bonds. The molecule has 0 aliphatic rings. The normalized spacial score (nSPS) is 12.4. The Hall–Kier alpha value is -6.19. The Morgan fingerprint density at radius 1 is 0.483 bits per heavy atom. The fourth-order valence-corrected chi connectivity index (χ4v) is 8.49. The number of rotatable bonds is 10. The molecule has 2 aromatic heterocycles. The second-order valence-corrected chi connectivity index (χ2v) is 18.2. The summed E-state index contributed by atoms with van der Waals surface area (Å²) in [6.45, 7) is 0. The number of hydrogen-bond donors (Lipinski definition) is 8. The topological polar surface area (TPSA) is 327 Å². The van der Waals surface area contributed by atoms with Crippen LogP contribution in [0.3, 0.4) is 0 Å². The molecule has 0 unspecified atom stereocenters. The van der Waals surface area contributed by atoms with E-state index in [1.54, 1.807) is 0 Å². The molecule has 0 bridgehead atoms. The Labute approximate surface area is 328 Å². The number of urea groups is 1. The average Bonchev–Trinajstić information content (AvgIpc) is 3.66. The molecule has 21 nitrogen and oxygen atoms in total. The van der Waals surface area contributed by atoms with Gasteiger partial charge in [0, 0.05) is 48.6 Å². The number of fused-ring (bicyclic) bond motifs is 2. The van der Waals surface area contributed by atoms with Gasteiger partial charge < -0.3 is 19.8 Å². The summed E-state index contributed by atoms with van der Waals surface area (Å²) < 4.78 is 136. The molecular weight excluding hydrogens is 849 g/mol. The van der Waals surface area contributed by atoms with Crippen LogP contribution in [0, 0.1) is 0 Å². The molecule has 4 aromatic carbocycles. The number of hydrogen-bond acceptors (Lipinski definition) is 11. The second-order valence-electron chi connectivity index (χ2n) is 12.6. The number of amides is 4. The highest BCUT2D eigenvalue weighted by Gasteiger charge is 2.23. The number of benzene rings is 4. The molecule has 0 radical (unpaired) electrons. The summed E-state index contributed by atoms with van der Waals surface area (Å²) in [7, 11) is -16.6. The van der Waals surface area contributed by atoms with Crippen molar-refractivity contribution in [2.75, 3.05) is 21.3 Å². The highest BCUT2D eigenvalue weighted by Crippen LogP contribution is 2.32. The molecule has 0 atom stereocenters. The van der Waals surface area contributed by atoms with Gasteiger partial charge in [-0.2, -0.15) is 33.7 Å². The molecule has 0 saturated carbocycles. The van der Waals surface area contributed by atoms with Crippen molar-refractivity contribution in [3.8, 4) is 0 Å². The van der Waals surface area contributed by atoms with E-state index in [9.17, 15) is 66.3 Å². The van der Waals surface area contributed by atoms with Gasteiger partial charge in [0.25, 0.3) is 52.3 Å². The predicted octanol–water partition coefficient (Wildman–Crippen LogP) is 3.81. The van der Waals surface area contributed by atoms with Gasteiger partial charge in [-0.05, 0) is 71.4 Å². The highest BCUT2D eigenvalue weighted by atomic mass is 32.2. The molecule has 6 rings (SSSR count). The first-order valence-corrected chi connectivity index (χ1v) is 21.6. The monoisotopic (exact) mass is 876 g/mol. The van der Waals surface area contributed by atoms with Gasteiger partial charge in [-0.25, -0.2) is 4.79 Å². The smallest absolute Gasteiger partial charge is 0.325 e. The van der Waals surface area contributed by atoms with Gasteiger partial charge in [0.1, 0.15) is 21.4 Å². The van der Waals surface area contributed by atoms with E-state index >= 15 is 0 Å². The third-order valence-electron chi connectivity index (χ3n) is 8.46. The van der Waals surface area contributed by atoms with E-state index < -0.39 is 77.9 Å². The first kappa shape index (κ1) is 41.4. The molecule has 0 aliphatic carbocycles. The number of aryl methyl sites for hydroxylation is 2. The first-order valence-electron chi connectivity index (χ1n) is 15.9. The minimum absolute atomic E-state index is 0.00663. The maximum absolute atomic E-state index is 13.1. The Morgan fingerprint density at radius 3 is 1.38 bits per heavy atom. The third kappa shape index (κ3) is 8.85. The van der Waals surface area contributed by atoms with Crippen molar-refractivity contribution in [3.63, 3.8) is 0 Å². The first-order chi connectivity index (χ1) is 26.8. The number of nitrogens with zero attached hydrogens (tertiary/aromatic N) is 2. The lowest BCUT2D eigenvalue weighted by Gasteiger charge is -2.10. The summed E-state index contributed by atoms with van der Waals surface area (Å²) in [5, 5.41) is 9.87. The van der Waals surface area contributed by atoms with Crippen molar-refractivity contribution in [2.45, 2.75) is 19.6 Å². The molecule has 8 N–H and O–H groups in total. The second kappa shape index (κ2) is 14.6. The maximum Gasteiger partial charge on any atom is 0.325 e. The summed E-state index contributed by atoms with van der Waals surface area (Å²) in [6, 6.07) is 12.4. The van der Waals surface area contributed by atoms with Gasteiger partial charge in [-0.15, -0.1) is 0 Å². The lowest BCUT2D eigenvalue weighted by Crippen LogP contribution is -2.22. The van der Waals surface area contributed by atoms with Crippen molar-refractivity contribution in [3.05, 3.63) is 96.3 Å². The van der Waals surface area contributed by atoms with E-state index in [0.717, 1.165) is 12.1 Å². The summed E-state index contributed by atoms with van der Waals surface area (Å²) in [5.41, 5.74) is 0.186. The van der Waals surface area contributed by atoms with E-state index in [-0.39, 0.29) is 55.7 Å². The van der Waals surface area contributed by atoms with Gasteiger partial charge in [-0.3, -0.25) is 38.4 Å².